The van der Waals surface area contributed by atoms with E-state index < -0.39 is 0 Å². The lowest BCUT2D eigenvalue weighted by molar-refractivity contribution is -0.0179. The highest BCUT2D eigenvalue weighted by atomic mass is 16.7. The second-order valence-corrected chi connectivity index (χ2v) is 18.7. The van der Waals surface area contributed by atoms with Gasteiger partial charge in [-0.15, -0.1) is 0 Å². The van der Waals surface area contributed by atoms with Crippen LogP contribution < -0.4 is 5.32 Å². The van der Waals surface area contributed by atoms with Gasteiger partial charge in [0, 0.05) is 18.6 Å². The van der Waals surface area contributed by atoms with Crippen molar-refractivity contribution in [3.05, 3.63) is 12.3 Å². The molecule has 0 amide bonds. The van der Waals surface area contributed by atoms with E-state index in [0.717, 1.165) is 6.61 Å². The molecule has 4 heteroatoms. The maximum atomic E-state index is 5.86. The van der Waals surface area contributed by atoms with E-state index in [9.17, 15) is 0 Å². The molecule has 3 aliphatic heterocycles. The van der Waals surface area contributed by atoms with Gasteiger partial charge in [0.25, 0.3) is 0 Å². The Morgan fingerprint density at radius 1 is 0.513 bits per heavy atom. The van der Waals surface area contributed by atoms with Gasteiger partial charge in [0.1, 0.15) is 6.79 Å². The zero-order valence-corrected chi connectivity index (χ0v) is 29.5. The number of ether oxygens (including phenoxy) is 3. The third kappa shape index (κ3) is 11.0. The molecule has 0 aromatic rings. The SMILES string of the molecule is CC(C)(C)C1C=CNC1C(C)(C)C.CC(C)(C)C1CCOC1C(C)(C)C.CC(C)(C)C1OCOC1C(C)(C)C. The van der Waals surface area contributed by atoms with E-state index in [4.69, 9.17) is 14.2 Å². The van der Waals surface area contributed by atoms with Crippen LogP contribution in [0.5, 0.6) is 0 Å². The molecule has 232 valence electrons. The number of hydrogen-bond acceptors (Lipinski definition) is 4. The zero-order valence-electron chi connectivity index (χ0n) is 29.5. The molecule has 0 bridgehead atoms. The van der Waals surface area contributed by atoms with Crippen molar-refractivity contribution in [2.75, 3.05) is 13.4 Å². The Hall–Kier alpha value is -0.580. The molecule has 2 saturated heterocycles. The van der Waals surface area contributed by atoms with Crippen LogP contribution in [0.15, 0.2) is 12.3 Å². The Labute approximate surface area is 244 Å². The highest BCUT2D eigenvalue weighted by Gasteiger charge is 2.45. The number of nitrogens with one attached hydrogen (secondary N) is 1. The minimum Gasteiger partial charge on any atom is -0.387 e. The molecule has 6 unspecified atom stereocenters. The van der Waals surface area contributed by atoms with Gasteiger partial charge >= 0.3 is 0 Å². The van der Waals surface area contributed by atoms with Crippen LogP contribution in [-0.4, -0.2) is 37.8 Å². The molecule has 0 aromatic heterocycles. The molecule has 3 rings (SSSR count). The smallest absolute Gasteiger partial charge is 0.147 e. The van der Waals surface area contributed by atoms with Gasteiger partial charge in [0.2, 0.25) is 0 Å². The first-order valence-corrected chi connectivity index (χ1v) is 15.5. The van der Waals surface area contributed by atoms with E-state index >= 15 is 0 Å². The third-order valence-corrected chi connectivity index (χ3v) is 8.41. The molecular formula is C35H69NO3. The molecule has 0 aliphatic carbocycles. The lowest BCUT2D eigenvalue weighted by Crippen LogP contribution is -2.43. The summed E-state index contributed by atoms with van der Waals surface area (Å²) in [5.74, 6) is 1.36. The van der Waals surface area contributed by atoms with Crippen molar-refractivity contribution in [1.82, 2.24) is 5.32 Å². The molecule has 0 spiro atoms. The fraction of sp³-hybridized carbons (Fsp3) is 0.943. The Morgan fingerprint density at radius 3 is 1.23 bits per heavy atom. The molecular weight excluding hydrogens is 482 g/mol. The molecule has 6 atom stereocenters. The van der Waals surface area contributed by atoms with E-state index in [1.807, 2.05) is 0 Å². The summed E-state index contributed by atoms with van der Waals surface area (Å²) in [5.41, 5.74) is 1.69. The number of rotatable bonds is 0. The summed E-state index contributed by atoms with van der Waals surface area (Å²) < 4.78 is 17.1. The van der Waals surface area contributed by atoms with Gasteiger partial charge in [-0.05, 0) is 51.0 Å². The Balaban J connectivity index is 0.000000292. The van der Waals surface area contributed by atoms with Crippen molar-refractivity contribution in [2.45, 2.75) is 155 Å². The van der Waals surface area contributed by atoms with E-state index in [1.54, 1.807) is 0 Å². The second-order valence-electron chi connectivity index (χ2n) is 18.7. The first kappa shape index (κ1) is 36.4. The molecule has 3 aliphatic rings. The minimum absolute atomic E-state index is 0.161. The fourth-order valence-electron chi connectivity index (χ4n) is 6.15. The van der Waals surface area contributed by atoms with Crippen molar-refractivity contribution in [1.29, 1.82) is 0 Å². The van der Waals surface area contributed by atoms with Gasteiger partial charge in [0.05, 0.1) is 18.3 Å². The summed E-state index contributed by atoms with van der Waals surface area (Å²) in [6.45, 7) is 42.3. The highest BCUT2D eigenvalue weighted by Crippen LogP contribution is 2.44. The maximum Gasteiger partial charge on any atom is 0.147 e. The lowest BCUT2D eigenvalue weighted by atomic mass is 9.70. The van der Waals surface area contributed by atoms with Crippen LogP contribution in [0, 0.1) is 44.3 Å². The van der Waals surface area contributed by atoms with E-state index in [1.165, 1.54) is 6.42 Å². The molecule has 0 radical (unpaired) electrons. The molecule has 4 nitrogen and oxygen atoms in total. The van der Waals surface area contributed by atoms with Crippen molar-refractivity contribution >= 4 is 0 Å². The summed E-state index contributed by atoms with van der Waals surface area (Å²) >= 11 is 0. The van der Waals surface area contributed by atoms with Gasteiger partial charge in [-0.3, -0.25) is 0 Å². The molecule has 1 N–H and O–H groups in total. The van der Waals surface area contributed by atoms with Crippen LogP contribution in [0.25, 0.3) is 0 Å². The van der Waals surface area contributed by atoms with Crippen LogP contribution in [0.3, 0.4) is 0 Å². The van der Waals surface area contributed by atoms with E-state index in [0.29, 0.717) is 47.0 Å². The van der Waals surface area contributed by atoms with Crippen LogP contribution >= 0.6 is 0 Å². The minimum atomic E-state index is 0.161. The fourth-order valence-corrected chi connectivity index (χ4v) is 6.15. The lowest BCUT2D eigenvalue weighted by Gasteiger charge is -2.39. The van der Waals surface area contributed by atoms with Crippen LogP contribution in [0.2, 0.25) is 0 Å². The zero-order chi connectivity index (χ0) is 30.8. The molecule has 0 saturated carbocycles. The molecule has 39 heavy (non-hydrogen) atoms. The van der Waals surface area contributed by atoms with Crippen molar-refractivity contribution in [2.24, 2.45) is 44.3 Å². The molecule has 3 heterocycles. The van der Waals surface area contributed by atoms with Crippen molar-refractivity contribution < 1.29 is 14.2 Å². The first-order chi connectivity index (χ1) is 17.2. The quantitative estimate of drug-likeness (QED) is 0.325. The van der Waals surface area contributed by atoms with Crippen molar-refractivity contribution in [3.8, 4) is 0 Å². The van der Waals surface area contributed by atoms with Crippen LogP contribution in [0.1, 0.15) is 131 Å². The van der Waals surface area contributed by atoms with Crippen molar-refractivity contribution in [3.63, 3.8) is 0 Å². The summed E-state index contributed by atoms with van der Waals surface area (Å²) in [4.78, 5) is 0. The summed E-state index contributed by atoms with van der Waals surface area (Å²) in [6.07, 6.45) is 6.53. The summed E-state index contributed by atoms with van der Waals surface area (Å²) in [7, 11) is 0. The maximum absolute atomic E-state index is 5.86. The monoisotopic (exact) mass is 552 g/mol. The Morgan fingerprint density at radius 2 is 0.949 bits per heavy atom. The van der Waals surface area contributed by atoms with Gasteiger partial charge in [0.15, 0.2) is 0 Å². The number of hydrogen-bond donors (Lipinski definition) is 1. The molecule has 0 aromatic carbocycles. The van der Waals surface area contributed by atoms with Crippen LogP contribution in [-0.2, 0) is 14.2 Å². The topological polar surface area (TPSA) is 39.7 Å². The predicted molar refractivity (Wildman–Crippen MR) is 169 cm³/mol. The Bertz CT molecular complexity index is 655. The van der Waals surface area contributed by atoms with Gasteiger partial charge < -0.3 is 19.5 Å². The van der Waals surface area contributed by atoms with Crippen LogP contribution in [0.4, 0.5) is 0 Å². The van der Waals surface area contributed by atoms with E-state index in [-0.39, 0.29) is 28.5 Å². The third-order valence-electron chi connectivity index (χ3n) is 8.41. The van der Waals surface area contributed by atoms with Gasteiger partial charge in [-0.25, -0.2) is 0 Å². The molecule has 2 fully saturated rings. The summed E-state index contributed by atoms with van der Waals surface area (Å²) in [5, 5.41) is 3.47. The largest absolute Gasteiger partial charge is 0.387 e. The van der Waals surface area contributed by atoms with Gasteiger partial charge in [-0.1, -0.05) is 131 Å². The average molecular weight is 552 g/mol. The normalized spacial score (nSPS) is 30.3. The standard InChI is InChI=1S/C12H23N.C12H24O.C11H22O2/c2*1-11(2,3)9-7-8-13-10(9)12(4,5)6;1-10(2,3)8-9(11(4,5)6)13-7-12-8/h7-10,13H,1-6H3;9-10H,7-8H2,1-6H3;8-9H,7H2,1-6H3. The summed E-state index contributed by atoms with van der Waals surface area (Å²) in [6, 6.07) is 0.576. The average Bonchev–Trinajstić information content (AvgIpc) is 3.45. The highest BCUT2D eigenvalue weighted by molar-refractivity contribution is 5.09. The predicted octanol–water partition coefficient (Wildman–Crippen LogP) is 9.48. The van der Waals surface area contributed by atoms with Gasteiger partial charge in [-0.2, -0.15) is 0 Å². The van der Waals surface area contributed by atoms with E-state index in [2.05, 4.69) is 142 Å². The Kier molecular flexibility index (Phi) is 11.9. The second kappa shape index (κ2) is 12.7. The first-order valence-electron chi connectivity index (χ1n) is 15.5.